The smallest absolute Gasteiger partial charge is 0.223 e. The third-order valence-electron chi connectivity index (χ3n) is 7.46. The predicted octanol–water partition coefficient (Wildman–Crippen LogP) is 5.04. The van der Waals surface area contributed by atoms with Crippen molar-refractivity contribution >= 4 is 16.8 Å². The third-order valence-corrected chi connectivity index (χ3v) is 7.46. The van der Waals surface area contributed by atoms with Crippen LogP contribution in [0.2, 0.25) is 0 Å². The van der Waals surface area contributed by atoms with Crippen LogP contribution in [-0.4, -0.2) is 37.7 Å². The summed E-state index contributed by atoms with van der Waals surface area (Å²) in [6.45, 7) is 0.984. The number of amides is 1. The van der Waals surface area contributed by atoms with Gasteiger partial charge in [-0.1, -0.05) is 36.4 Å². The van der Waals surface area contributed by atoms with Gasteiger partial charge in [-0.05, 0) is 60.9 Å². The fourth-order valence-electron chi connectivity index (χ4n) is 5.92. The summed E-state index contributed by atoms with van der Waals surface area (Å²) in [5.74, 6) is 0.879. The molecule has 32 heavy (non-hydrogen) atoms. The van der Waals surface area contributed by atoms with E-state index in [-0.39, 0.29) is 0 Å². The Hall–Kier alpha value is -3.34. The largest absolute Gasteiger partial charge is 0.347 e. The summed E-state index contributed by atoms with van der Waals surface area (Å²) in [7, 11) is 0. The van der Waals surface area contributed by atoms with Crippen LogP contribution in [-0.2, 0) is 17.8 Å². The number of carbonyl (C=O) groups is 1. The minimum Gasteiger partial charge on any atom is -0.347 e. The second-order valence-corrected chi connectivity index (χ2v) is 9.31. The van der Waals surface area contributed by atoms with E-state index in [0.29, 0.717) is 30.3 Å². The van der Waals surface area contributed by atoms with Crippen LogP contribution in [0.15, 0.2) is 73.2 Å². The molecule has 4 aromatic rings. The molecule has 3 unspecified atom stereocenters. The van der Waals surface area contributed by atoms with Crippen molar-refractivity contribution in [3.05, 3.63) is 78.8 Å². The number of nitrogens with one attached hydrogen (secondary N) is 1. The lowest BCUT2D eigenvalue weighted by atomic mass is 9.89. The Bertz CT molecular complexity index is 1230. The van der Waals surface area contributed by atoms with Gasteiger partial charge in [0.25, 0.3) is 0 Å². The van der Waals surface area contributed by atoms with E-state index in [1.54, 1.807) is 0 Å². The van der Waals surface area contributed by atoms with Gasteiger partial charge in [0, 0.05) is 53.9 Å². The summed E-state index contributed by atoms with van der Waals surface area (Å²) in [4.78, 5) is 15.3. The molecule has 6 rings (SSSR count). The molecule has 2 bridgehead atoms. The minimum atomic E-state index is 0.339. The van der Waals surface area contributed by atoms with Gasteiger partial charge in [-0.25, -0.2) is 0 Å². The van der Waals surface area contributed by atoms with E-state index in [0.717, 1.165) is 31.4 Å². The summed E-state index contributed by atoms with van der Waals surface area (Å²) in [6, 6.07) is 20.0. The van der Waals surface area contributed by atoms with Crippen LogP contribution >= 0.6 is 0 Å². The van der Waals surface area contributed by atoms with Gasteiger partial charge in [-0.15, -0.1) is 0 Å². The molecule has 1 N–H and O–H groups in total. The summed E-state index contributed by atoms with van der Waals surface area (Å²) in [5, 5.41) is 8.20. The molecule has 2 aliphatic heterocycles. The van der Waals surface area contributed by atoms with Crippen molar-refractivity contribution in [1.29, 1.82) is 0 Å². The Labute approximate surface area is 188 Å². The van der Waals surface area contributed by atoms with Gasteiger partial charge >= 0.3 is 0 Å². The highest BCUT2D eigenvalue weighted by atomic mass is 16.2. The molecular weight excluding hydrogens is 396 g/mol. The maximum atomic E-state index is 13.1. The number of aromatic amines is 1. The normalized spacial score (nSPS) is 22.1. The van der Waals surface area contributed by atoms with Crippen LogP contribution in [0, 0.1) is 5.92 Å². The second kappa shape index (κ2) is 7.97. The van der Waals surface area contributed by atoms with Crippen molar-refractivity contribution in [3.63, 3.8) is 0 Å². The molecular formula is C27H28N4O. The van der Waals surface area contributed by atoms with Gasteiger partial charge in [0.05, 0.1) is 6.20 Å². The van der Waals surface area contributed by atoms with E-state index in [1.807, 2.05) is 18.5 Å². The average molecular weight is 425 g/mol. The molecule has 3 atom stereocenters. The maximum absolute atomic E-state index is 13.1. The molecule has 0 saturated carbocycles. The Kier molecular flexibility index (Phi) is 4.82. The number of nitrogens with zero attached hydrogens (tertiary/aromatic N) is 3. The van der Waals surface area contributed by atoms with Crippen LogP contribution in [0.3, 0.4) is 0 Å². The van der Waals surface area contributed by atoms with E-state index in [4.69, 9.17) is 0 Å². The highest BCUT2D eigenvalue weighted by molar-refractivity contribution is 5.85. The van der Waals surface area contributed by atoms with E-state index in [9.17, 15) is 4.79 Å². The van der Waals surface area contributed by atoms with Crippen molar-refractivity contribution in [2.45, 2.75) is 50.7 Å². The fraction of sp³-hybridized carbons (Fsp3) is 0.333. The lowest BCUT2D eigenvalue weighted by Gasteiger charge is -2.25. The van der Waals surface area contributed by atoms with Gasteiger partial charge in [0.15, 0.2) is 0 Å². The van der Waals surface area contributed by atoms with Gasteiger partial charge in [0.1, 0.15) is 0 Å². The van der Waals surface area contributed by atoms with Crippen LogP contribution in [0.25, 0.3) is 22.0 Å². The van der Waals surface area contributed by atoms with Crippen molar-refractivity contribution in [1.82, 2.24) is 19.7 Å². The summed E-state index contributed by atoms with van der Waals surface area (Å²) in [6.07, 6.45) is 10.9. The molecule has 2 fully saturated rings. The average Bonchev–Trinajstić information content (AvgIpc) is 3.62. The van der Waals surface area contributed by atoms with Crippen molar-refractivity contribution in [2.75, 3.05) is 0 Å². The van der Waals surface area contributed by atoms with E-state index < -0.39 is 0 Å². The Balaban J connectivity index is 1.15. The number of carbonyl (C=O) groups excluding carboxylic acids is 1. The zero-order valence-corrected chi connectivity index (χ0v) is 18.2. The van der Waals surface area contributed by atoms with Gasteiger partial charge in [-0.3, -0.25) is 9.89 Å². The molecule has 1 amide bonds. The number of fused-ring (bicyclic) bond motifs is 3. The molecule has 162 valence electrons. The summed E-state index contributed by atoms with van der Waals surface area (Å²) < 4.78 is 2.38. The first-order valence-electron chi connectivity index (χ1n) is 11.7. The van der Waals surface area contributed by atoms with Crippen LogP contribution in [0.1, 0.15) is 31.2 Å². The number of benzene rings is 2. The quantitative estimate of drug-likeness (QED) is 0.471. The van der Waals surface area contributed by atoms with Gasteiger partial charge in [-0.2, -0.15) is 5.10 Å². The predicted molar refractivity (Wildman–Crippen MR) is 126 cm³/mol. The Morgan fingerprint density at radius 2 is 1.97 bits per heavy atom. The SMILES string of the molecule is O=C(CCc1ccccc1)N1C2CCC1C(Cn1ccc3cc(-c4cn[nH]c4)ccc31)C2. The van der Waals surface area contributed by atoms with Gasteiger partial charge < -0.3 is 9.47 Å². The van der Waals surface area contributed by atoms with Crippen LogP contribution in [0.4, 0.5) is 0 Å². The number of H-pyrrole nitrogens is 1. The molecule has 2 saturated heterocycles. The highest BCUT2D eigenvalue weighted by Crippen LogP contribution is 2.43. The lowest BCUT2D eigenvalue weighted by Crippen LogP contribution is -2.37. The number of hydrogen-bond donors (Lipinski definition) is 1. The molecule has 2 aliphatic rings. The molecule has 4 heterocycles. The van der Waals surface area contributed by atoms with Crippen molar-refractivity contribution < 1.29 is 4.79 Å². The molecule has 5 nitrogen and oxygen atoms in total. The summed E-state index contributed by atoms with van der Waals surface area (Å²) in [5.41, 5.74) is 4.80. The van der Waals surface area contributed by atoms with Crippen LogP contribution in [0.5, 0.6) is 0 Å². The minimum absolute atomic E-state index is 0.339. The summed E-state index contributed by atoms with van der Waals surface area (Å²) >= 11 is 0. The molecule has 2 aromatic carbocycles. The zero-order valence-electron chi connectivity index (χ0n) is 18.2. The Morgan fingerprint density at radius 1 is 1.06 bits per heavy atom. The molecule has 0 radical (unpaired) electrons. The zero-order chi connectivity index (χ0) is 21.5. The number of aryl methyl sites for hydroxylation is 1. The molecule has 5 heteroatoms. The maximum Gasteiger partial charge on any atom is 0.223 e. The molecule has 0 spiro atoms. The van der Waals surface area contributed by atoms with E-state index >= 15 is 0 Å². The first-order chi connectivity index (χ1) is 15.8. The van der Waals surface area contributed by atoms with Crippen molar-refractivity contribution in [2.24, 2.45) is 5.92 Å². The van der Waals surface area contributed by atoms with Crippen LogP contribution < -0.4 is 0 Å². The first-order valence-corrected chi connectivity index (χ1v) is 11.7. The fourth-order valence-corrected chi connectivity index (χ4v) is 5.92. The number of rotatable bonds is 6. The molecule has 0 aliphatic carbocycles. The lowest BCUT2D eigenvalue weighted by molar-refractivity contribution is -0.132. The topological polar surface area (TPSA) is 53.9 Å². The van der Waals surface area contributed by atoms with E-state index in [2.05, 4.69) is 74.4 Å². The highest BCUT2D eigenvalue weighted by Gasteiger charge is 2.48. The third kappa shape index (κ3) is 3.42. The monoisotopic (exact) mass is 424 g/mol. The number of hydrogen-bond acceptors (Lipinski definition) is 2. The molecule has 2 aromatic heterocycles. The van der Waals surface area contributed by atoms with Gasteiger partial charge in [0.2, 0.25) is 5.91 Å². The van der Waals surface area contributed by atoms with E-state index in [1.165, 1.54) is 28.5 Å². The first kappa shape index (κ1) is 19.4. The number of aromatic nitrogens is 3. The van der Waals surface area contributed by atoms with Crippen molar-refractivity contribution in [3.8, 4) is 11.1 Å². The Morgan fingerprint density at radius 3 is 2.81 bits per heavy atom. The standard InChI is InChI=1S/C27H28N4O/c32-27(11-6-19-4-2-1-3-5-19)31-24-8-10-26(31)22(15-24)18-30-13-12-21-14-20(7-9-25(21)30)23-16-28-29-17-23/h1-5,7,9,12-14,16-17,22,24,26H,6,8,10-11,15,18H2,(H,28,29). The second-order valence-electron chi connectivity index (χ2n) is 9.31.